The van der Waals surface area contributed by atoms with Crippen molar-refractivity contribution < 1.29 is 9.53 Å². The summed E-state index contributed by atoms with van der Waals surface area (Å²) in [7, 11) is 1.56. The van der Waals surface area contributed by atoms with Crippen LogP contribution in [0.15, 0.2) is 18.2 Å². The van der Waals surface area contributed by atoms with Crippen molar-refractivity contribution in [2.45, 2.75) is 6.42 Å². The highest BCUT2D eigenvalue weighted by Crippen LogP contribution is 2.26. The van der Waals surface area contributed by atoms with Gasteiger partial charge in [0.1, 0.15) is 5.75 Å². The van der Waals surface area contributed by atoms with Gasteiger partial charge in [0.25, 0.3) is 0 Å². The van der Waals surface area contributed by atoms with E-state index in [4.69, 9.17) is 16.3 Å². The van der Waals surface area contributed by atoms with Gasteiger partial charge in [-0.15, -0.1) is 0 Å². The molecule has 1 aromatic rings. The van der Waals surface area contributed by atoms with Crippen LogP contribution in [0, 0.1) is 5.92 Å². The topological polar surface area (TPSA) is 38.3 Å². The van der Waals surface area contributed by atoms with Crippen LogP contribution < -0.4 is 10.1 Å². The highest BCUT2D eigenvalue weighted by atomic mass is 35.5. The molecule has 3 nitrogen and oxygen atoms in total. The average Bonchev–Trinajstić information content (AvgIpc) is 2.81. The molecule has 0 spiro atoms. The smallest absolute Gasteiger partial charge is 0.167 e. The summed E-state index contributed by atoms with van der Waals surface area (Å²) in [6.07, 6.45) is 0.905. The maximum Gasteiger partial charge on any atom is 0.167 e. The van der Waals surface area contributed by atoms with Gasteiger partial charge in [-0.3, -0.25) is 4.79 Å². The number of rotatable bonds is 3. The minimum atomic E-state index is 0.0875. The van der Waals surface area contributed by atoms with Crippen LogP contribution in [-0.2, 0) is 0 Å². The third-order valence-corrected chi connectivity index (χ3v) is 3.16. The summed E-state index contributed by atoms with van der Waals surface area (Å²) in [4.78, 5) is 12.1. The number of carbonyl (C=O) groups is 1. The van der Waals surface area contributed by atoms with Gasteiger partial charge in [-0.1, -0.05) is 11.6 Å². The lowest BCUT2D eigenvalue weighted by Crippen LogP contribution is -2.17. The monoisotopic (exact) mass is 239 g/mol. The summed E-state index contributed by atoms with van der Waals surface area (Å²) in [5.74, 6) is 0.849. The third kappa shape index (κ3) is 2.20. The van der Waals surface area contributed by atoms with Crippen LogP contribution in [-0.4, -0.2) is 26.0 Å². The molecule has 0 bridgehead atoms. The number of halogens is 1. The van der Waals surface area contributed by atoms with E-state index in [-0.39, 0.29) is 11.7 Å². The van der Waals surface area contributed by atoms with Gasteiger partial charge in [0.05, 0.1) is 12.1 Å². The predicted molar refractivity (Wildman–Crippen MR) is 63.3 cm³/mol. The Kier molecular flexibility index (Phi) is 3.46. The molecular formula is C12H14ClNO2. The largest absolute Gasteiger partial charge is 0.495 e. The zero-order chi connectivity index (χ0) is 11.5. The van der Waals surface area contributed by atoms with Crippen molar-refractivity contribution in [2.24, 2.45) is 5.92 Å². The molecule has 4 heteroatoms. The number of hydrogen-bond donors (Lipinski definition) is 1. The van der Waals surface area contributed by atoms with Gasteiger partial charge in [-0.2, -0.15) is 0 Å². The molecule has 86 valence electrons. The second-order valence-corrected chi connectivity index (χ2v) is 4.31. The maximum atomic E-state index is 12.1. The van der Waals surface area contributed by atoms with E-state index in [9.17, 15) is 4.79 Å². The first-order valence-electron chi connectivity index (χ1n) is 5.31. The Labute approximate surface area is 99.7 Å². The van der Waals surface area contributed by atoms with Crippen molar-refractivity contribution in [1.82, 2.24) is 5.32 Å². The first kappa shape index (κ1) is 11.4. The zero-order valence-corrected chi connectivity index (χ0v) is 9.88. The normalized spacial score (nSPS) is 19.8. The van der Waals surface area contributed by atoms with Crippen LogP contribution in [0.5, 0.6) is 5.75 Å². The molecule has 1 aliphatic heterocycles. The predicted octanol–water partition coefficient (Wildman–Crippen LogP) is 2.14. The SMILES string of the molecule is COc1ccc(C(=O)C2CCNC2)cc1Cl. The van der Waals surface area contributed by atoms with Crippen LogP contribution in [0.4, 0.5) is 0 Å². The van der Waals surface area contributed by atoms with E-state index in [2.05, 4.69) is 5.32 Å². The fourth-order valence-corrected chi connectivity index (χ4v) is 2.19. The maximum absolute atomic E-state index is 12.1. The fraction of sp³-hybridized carbons (Fsp3) is 0.417. The number of carbonyl (C=O) groups excluding carboxylic acids is 1. The molecule has 1 aromatic carbocycles. The second-order valence-electron chi connectivity index (χ2n) is 3.90. The van der Waals surface area contributed by atoms with E-state index in [1.165, 1.54) is 0 Å². The van der Waals surface area contributed by atoms with Crippen molar-refractivity contribution in [1.29, 1.82) is 0 Å². The highest BCUT2D eigenvalue weighted by Gasteiger charge is 2.23. The summed E-state index contributed by atoms with van der Waals surface area (Å²) in [6.45, 7) is 1.68. The number of ketones is 1. The molecule has 1 saturated heterocycles. The summed E-state index contributed by atoms with van der Waals surface area (Å²) in [6, 6.07) is 5.18. The molecule has 0 radical (unpaired) electrons. The average molecular weight is 240 g/mol. The molecule has 0 amide bonds. The van der Waals surface area contributed by atoms with Gasteiger partial charge in [0.15, 0.2) is 5.78 Å². The lowest BCUT2D eigenvalue weighted by atomic mass is 9.97. The van der Waals surface area contributed by atoms with Crippen molar-refractivity contribution in [2.75, 3.05) is 20.2 Å². The molecule has 2 rings (SSSR count). The number of benzene rings is 1. The quantitative estimate of drug-likeness (QED) is 0.822. The molecule has 16 heavy (non-hydrogen) atoms. The van der Waals surface area contributed by atoms with Crippen LogP contribution in [0.25, 0.3) is 0 Å². The van der Waals surface area contributed by atoms with Gasteiger partial charge in [-0.05, 0) is 31.2 Å². The van der Waals surface area contributed by atoms with Gasteiger partial charge in [0.2, 0.25) is 0 Å². The Hall–Kier alpha value is -1.06. The first-order valence-corrected chi connectivity index (χ1v) is 5.68. The summed E-state index contributed by atoms with van der Waals surface area (Å²) in [5, 5.41) is 3.67. The Morgan fingerprint density at radius 1 is 1.56 bits per heavy atom. The first-order chi connectivity index (χ1) is 7.72. The standard InChI is InChI=1S/C12H14ClNO2/c1-16-11-3-2-8(6-10(11)13)12(15)9-4-5-14-7-9/h2-3,6,9,14H,4-5,7H2,1H3. The third-order valence-electron chi connectivity index (χ3n) is 2.87. The molecule has 0 aromatic heterocycles. The minimum absolute atomic E-state index is 0.0875. The van der Waals surface area contributed by atoms with Crippen LogP contribution in [0.3, 0.4) is 0 Å². The minimum Gasteiger partial charge on any atom is -0.495 e. The second kappa shape index (κ2) is 4.85. The fourth-order valence-electron chi connectivity index (χ4n) is 1.93. The lowest BCUT2D eigenvalue weighted by Gasteiger charge is -2.09. The Morgan fingerprint density at radius 3 is 2.94 bits per heavy atom. The zero-order valence-electron chi connectivity index (χ0n) is 9.13. The summed E-state index contributed by atoms with van der Waals surface area (Å²) >= 11 is 5.99. The molecule has 1 aliphatic rings. The van der Waals surface area contributed by atoms with Gasteiger partial charge in [-0.25, -0.2) is 0 Å². The molecule has 1 heterocycles. The molecule has 1 N–H and O–H groups in total. The summed E-state index contributed by atoms with van der Waals surface area (Å²) < 4.78 is 5.05. The van der Waals surface area contributed by atoms with Crippen molar-refractivity contribution in [3.05, 3.63) is 28.8 Å². The van der Waals surface area contributed by atoms with Crippen LogP contribution in [0.2, 0.25) is 5.02 Å². The number of methoxy groups -OCH3 is 1. The van der Waals surface area contributed by atoms with E-state index in [0.29, 0.717) is 16.3 Å². The van der Waals surface area contributed by atoms with Crippen molar-refractivity contribution in [3.63, 3.8) is 0 Å². The number of nitrogens with one attached hydrogen (secondary N) is 1. The van der Waals surface area contributed by atoms with Gasteiger partial charge < -0.3 is 10.1 Å². The van der Waals surface area contributed by atoms with E-state index in [1.54, 1.807) is 25.3 Å². The van der Waals surface area contributed by atoms with Crippen molar-refractivity contribution in [3.8, 4) is 5.75 Å². The Balaban J connectivity index is 2.20. The van der Waals surface area contributed by atoms with E-state index in [0.717, 1.165) is 19.5 Å². The van der Waals surface area contributed by atoms with E-state index >= 15 is 0 Å². The molecule has 1 unspecified atom stereocenters. The number of Topliss-reactive ketones (excluding diaryl/α,β-unsaturated/α-hetero) is 1. The molecule has 1 atom stereocenters. The van der Waals surface area contributed by atoms with Gasteiger partial charge in [0, 0.05) is 18.0 Å². The number of ether oxygens (including phenoxy) is 1. The summed E-state index contributed by atoms with van der Waals surface area (Å²) in [5.41, 5.74) is 0.666. The molecule has 1 fully saturated rings. The van der Waals surface area contributed by atoms with E-state index in [1.807, 2.05) is 0 Å². The van der Waals surface area contributed by atoms with Gasteiger partial charge >= 0.3 is 0 Å². The molecule has 0 aliphatic carbocycles. The van der Waals surface area contributed by atoms with Crippen molar-refractivity contribution >= 4 is 17.4 Å². The Bertz CT molecular complexity index is 400. The van der Waals surface area contributed by atoms with E-state index < -0.39 is 0 Å². The number of hydrogen-bond acceptors (Lipinski definition) is 3. The Morgan fingerprint density at radius 2 is 2.38 bits per heavy atom. The molecular weight excluding hydrogens is 226 g/mol. The van der Waals surface area contributed by atoms with Crippen LogP contribution in [0.1, 0.15) is 16.8 Å². The highest BCUT2D eigenvalue weighted by molar-refractivity contribution is 6.32. The van der Waals surface area contributed by atoms with Crippen LogP contribution >= 0.6 is 11.6 Å². The lowest BCUT2D eigenvalue weighted by molar-refractivity contribution is 0.0930. The molecule has 0 saturated carbocycles.